The summed E-state index contributed by atoms with van der Waals surface area (Å²) in [6, 6.07) is 10.1. The summed E-state index contributed by atoms with van der Waals surface area (Å²) in [7, 11) is 0. The van der Waals surface area contributed by atoms with Crippen molar-refractivity contribution in [2.45, 2.75) is 13.3 Å². The first kappa shape index (κ1) is 26.9. The minimum atomic E-state index is -0.602. The zero-order chi connectivity index (χ0) is 28.2. The lowest BCUT2D eigenvalue weighted by Crippen LogP contribution is -2.39. The number of hydrogen-bond acceptors (Lipinski definition) is 9. The Morgan fingerprint density at radius 2 is 1.57 bits per heavy atom. The topological polar surface area (TPSA) is 132 Å². The number of anilines is 2. The number of rotatable bonds is 7. The van der Waals surface area contributed by atoms with Gasteiger partial charge in [-0.2, -0.15) is 0 Å². The number of hydrogen-bond donors (Lipinski definition) is 1. The van der Waals surface area contributed by atoms with Crippen LogP contribution >= 0.6 is 0 Å². The second kappa shape index (κ2) is 11.6. The maximum Gasteiger partial charge on any atom is 0.295 e. The molecule has 2 N–H and O–H groups in total. The van der Waals surface area contributed by atoms with Crippen molar-refractivity contribution in [3.63, 3.8) is 0 Å². The molecule has 204 valence electrons. The second-order valence-corrected chi connectivity index (χ2v) is 9.78. The van der Waals surface area contributed by atoms with Gasteiger partial charge in [0.1, 0.15) is 5.82 Å². The van der Waals surface area contributed by atoms with Crippen LogP contribution in [0.2, 0.25) is 0 Å². The van der Waals surface area contributed by atoms with E-state index in [-0.39, 0.29) is 17.3 Å². The van der Waals surface area contributed by atoms with E-state index in [2.05, 4.69) is 27.5 Å². The Morgan fingerprint density at radius 3 is 2.17 bits per heavy atom. The number of ether oxygens (including phenoxy) is 1. The van der Waals surface area contributed by atoms with Gasteiger partial charge in [-0.15, -0.1) is 0 Å². The number of ketones is 2. The normalized spacial score (nSPS) is 15.4. The van der Waals surface area contributed by atoms with Gasteiger partial charge in [0.05, 0.1) is 18.9 Å². The molecule has 1 aromatic carbocycles. The molecule has 1 fully saturated rings. The van der Waals surface area contributed by atoms with E-state index in [0.29, 0.717) is 43.9 Å². The average molecular weight is 539 g/mol. The van der Waals surface area contributed by atoms with Crippen LogP contribution in [0.15, 0.2) is 67.0 Å². The summed E-state index contributed by atoms with van der Waals surface area (Å²) in [5.74, 6) is -0.346. The molecule has 10 heteroatoms. The van der Waals surface area contributed by atoms with E-state index in [1.54, 1.807) is 31.5 Å². The number of pyridine rings is 1. The molecule has 0 radical (unpaired) electrons. The molecule has 3 aromatic rings. The molecule has 1 saturated heterocycles. The Hall–Kier alpha value is -4.70. The predicted molar refractivity (Wildman–Crippen MR) is 152 cm³/mol. The smallest absolute Gasteiger partial charge is 0.295 e. The summed E-state index contributed by atoms with van der Waals surface area (Å²) in [6.07, 6.45) is 5.86. The number of allylic oxidation sites excluding steroid dienone is 1. The van der Waals surface area contributed by atoms with E-state index in [9.17, 15) is 14.4 Å². The standard InChI is InChI=1S/C30H30N6O4/c1-19(2)27(37)21-3-5-22(6-4-21)28(38)29(39)36-9-7-20(8-10-36)23-15-25(24-17-32-30(31)33-18-24)34-26(16-23)35-11-13-40-14-12-35/h3-7,15-18H,1,8-14H2,2H3,(H2,31,32,33). The predicted octanol–water partition coefficient (Wildman–Crippen LogP) is 3.21. The molecule has 2 aliphatic rings. The minimum Gasteiger partial charge on any atom is -0.378 e. The van der Waals surface area contributed by atoms with Crippen molar-refractivity contribution in [3.8, 4) is 11.3 Å². The Morgan fingerprint density at radius 1 is 0.925 bits per heavy atom. The fraction of sp³-hybridized carbons (Fsp3) is 0.267. The Bertz CT molecular complexity index is 1490. The van der Waals surface area contributed by atoms with E-state index in [0.717, 1.165) is 41.3 Å². The second-order valence-electron chi connectivity index (χ2n) is 9.78. The zero-order valence-corrected chi connectivity index (χ0v) is 22.3. The Kier molecular flexibility index (Phi) is 7.79. The van der Waals surface area contributed by atoms with E-state index in [1.165, 1.54) is 17.0 Å². The van der Waals surface area contributed by atoms with Crippen LogP contribution in [0.1, 0.15) is 39.6 Å². The van der Waals surface area contributed by atoms with Gasteiger partial charge in [-0.25, -0.2) is 15.0 Å². The highest BCUT2D eigenvalue weighted by atomic mass is 16.5. The van der Waals surface area contributed by atoms with Gasteiger partial charge >= 0.3 is 0 Å². The summed E-state index contributed by atoms with van der Waals surface area (Å²) in [6.45, 7) is 8.73. The summed E-state index contributed by atoms with van der Waals surface area (Å²) in [4.78, 5) is 54.8. The van der Waals surface area contributed by atoms with E-state index in [1.807, 2.05) is 12.1 Å². The number of morpholine rings is 1. The molecule has 5 rings (SSSR count). The van der Waals surface area contributed by atoms with E-state index in [4.69, 9.17) is 15.5 Å². The lowest BCUT2D eigenvalue weighted by atomic mass is 9.97. The zero-order valence-electron chi connectivity index (χ0n) is 22.3. The number of Topliss-reactive ketones (excluding diaryl/α,β-unsaturated/α-hetero) is 2. The van der Waals surface area contributed by atoms with Gasteiger partial charge in [-0.3, -0.25) is 14.4 Å². The number of carbonyl (C=O) groups is 3. The van der Waals surface area contributed by atoms with Crippen LogP contribution < -0.4 is 10.6 Å². The van der Waals surface area contributed by atoms with Crippen molar-refractivity contribution >= 4 is 34.8 Å². The van der Waals surface area contributed by atoms with Gasteiger partial charge in [0.15, 0.2) is 5.78 Å². The highest BCUT2D eigenvalue weighted by molar-refractivity contribution is 6.42. The molecule has 0 aliphatic carbocycles. The van der Waals surface area contributed by atoms with Gasteiger partial charge < -0.3 is 20.3 Å². The maximum atomic E-state index is 13.0. The lowest BCUT2D eigenvalue weighted by Gasteiger charge is -2.29. The molecule has 10 nitrogen and oxygen atoms in total. The number of aromatic nitrogens is 3. The molecule has 0 saturated carbocycles. The highest BCUT2D eigenvalue weighted by Crippen LogP contribution is 2.30. The van der Waals surface area contributed by atoms with Crippen LogP contribution in [0.25, 0.3) is 16.8 Å². The summed E-state index contributed by atoms with van der Waals surface area (Å²) in [5, 5.41) is 0. The van der Waals surface area contributed by atoms with E-state index < -0.39 is 11.7 Å². The molecule has 2 aromatic heterocycles. The molecule has 0 spiro atoms. The van der Waals surface area contributed by atoms with Gasteiger partial charge in [-0.1, -0.05) is 36.9 Å². The number of carbonyl (C=O) groups excluding carboxylic acids is 3. The number of amides is 1. The molecule has 40 heavy (non-hydrogen) atoms. The molecule has 4 heterocycles. The van der Waals surface area contributed by atoms with Crippen LogP contribution in [-0.2, 0) is 9.53 Å². The first-order valence-electron chi connectivity index (χ1n) is 13.1. The fourth-order valence-electron chi connectivity index (χ4n) is 4.68. The molecule has 1 amide bonds. The van der Waals surface area contributed by atoms with Crippen molar-refractivity contribution in [1.82, 2.24) is 19.9 Å². The quantitative estimate of drug-likeness (QED) is 0.274. The number of benzene rings is 1. The fourth-order valence-corrected chi connectivity index (χ4v) is 4.68. The SMILES string of the molecule is C=C(C)C(=O)c1ccc(C(=O)C(=O)N2CC=C(c3cc(-c4cnc(N)nc4)nc(N4CCOCC4)c3)CC2)cc1. The molecular weight excluding hydrogens is 508 g/mol. The summed E-state index contributed by atoms with van der Waals surface area (Å²) in [5.41, 5.74) is 10.3. The summed E-state index contributed by atoms with van der Waals surface area (Å²) < 4.78 is 5.51. The Balaban J connectivity index is 1.35. The third-order valence-electron chi connectivity index (χ3n) is 6.97. The van der Waals surface area contributed by atoms with Crippen LogP contribution in [0.4, 0.5) is 11.8 Å². The molecule has 0 unspecified atom stereocenters. The highest BCUT2D eigenvalue weighted by Gasteiger charge is 2.26. The van der Waals surface area contributed by atoms with Crippen molar-refractivity contribution in [2.75, 3.05) is 50.0 Å². The van der Waals surface area contributed by atoms with Gasteiger partial charge in [-0.05, 0) is 42.2 Å². The third-order valence-corrected chi connectivity index (χ3v) is 6.97. The lowest BCUT2D eigenvalue weighted by molar-refractivity contribution is -0.126. The summed E-state index contributed by atoms with van der Waals surface area (Å²) >= 11 is 0. The van der Waals surface area contributed by atoms with Crippen molar-refractivity contribution in [3.05, 3.63) is 83.7 Å². The van der Waals surface area contributed by atoms with Crippen LogP contribution in [0.3, 0.4) is 0 Å². The van der Waals surface area contributed by atoms with Gasteiger partial charge in [0.2, 0.25) is 11.7 Å². The number of nitrogen functional groups attached to an aromatic ring is 1. The van der Waals surface area contributed by atoms with Crippen molar-refractivity contribution < 1.29 is 19.1 Å². The molecule has 0 bridgehead atoms. The first-order chi connectivity index (χ1) is 19.3. The molecular formula is C30H30N6O4. The number of nitrogens with zero attached hydrogens (tertiary/aromatic N) is 5. The molecule has 0 atom stereocenters. The van der Waals surface area contributed by atoms with Crippen molar-refractivity contribution in [1.29, 1.82) is 0 Å². The molecule has 2 aliphatic heterocycles. The van der Waals surface area contributed by atoms with Crippen molar-refractivity contribution in [2.24, 2.45) is 0 Å². The minimum absolute atomic E-state index is 0.193. The number of nitrogens with two attached hydrogens (primary N) is 1. The first-order valence-corrected chi connectivity index (χ1v) is 13.1. The Labute approximate surface area is 232 Å². The largest absolute Gasteiger partial charge is 0.378 e. The van der Waals surface area contributed by atoms with Crippen LogP contribution in [0.5, 0.6) is 0 Å². The monoisotopic (exact) mass is 538 g/mol. The third kappa shape index (κ3) is 5.81. The van der Waals surface area contributed by atoms with Crippen LogP contribution in [0, 0.1) is 0 Å². The maximum absolute atomic E-state index is 13.0. The van der Waals surface area contributed by atoms with E-state index >= 15 is 0 Å². The van der Waals surface area contributed by atoms with Gasteiger partial charge in [0.25, 0.3) is 5.91 Å². The average Bonchev–Trinajstić information content (AvgIpc) is 3.00. The van der Waals surface area contributed by atoms with Crippen LogP contribution in [-0.4, -0.2) is 76.7 Å². The van der Waals surface area contributed by atoms with Gasteiger partial charge in [0, 0.05) is 55.3 Å².